The highest BCUT2D eigenvalue weighted by Gasteiger charge is 2.15. The first-order chi connectivity index (χ1) is 10.5. The van der Waals surface area contributed by atoms with Crippen LogP contribution < -0.4 is 5.43 Å². The highest BCUT2D eigenvalue weighted by molar-refractivity contribution is 6.04. The molecule has 0 atom stereocenters. The molecular weight excluding hydrogens is 286 g/mol. The second kappa shape index (κ2) is 5.67. The molecule has 1 aliphatic heterocycles. The number of nitrogens with zero attached hydrogens (tertiary/aromatic N) is 1. The van der Waals surface area contributed by atoms with Crippen molar-refractivity contribution in [3.8, 4) is 11.1 Å². The summed E-state index contributed by atoms with van der Waals surface area (Å²) in [6, 6.07) is 9.08. The van der Waals surface area contributed by atoms with Gasteiger partial charge < -0.3 is 0 Å². The Labute approximate surface area is 126 Å². The number of hydrazone groups is 1. The van der Waals surface area contributed by atoms with E-state index in [2.05, 4.69) is 10.5 Å². The van der Waals surface area contributed by atoms with Crippen molar-refractivity contribution in [3.05, 3.63) is 59.2 Å². The number of carbonyl (C=O) groups excluding carboxylic acids is 1. The lowest BCUT2D eigenvalue weighted by molar-refractivity contribution is -0.121. The van der Waals surface area contributed by atoms with E-state index in [1.807, 2.05) is 19.1 Å². The number of aryl methyl sites for hydroxylation is 1. The molecule has 0 radical (unpaired) electrons. The van der Waals surface area contributed by atoms with E-state index in [0.29, 0.717) is 24.0 Å². The topological polar surface area (TPSA) is 41.5 Å². The van der Waals surface area contributed by atoms with Crippen LogP contribution >= 0.6 is 0 Å². The van der Waals surface area contributed by atoms with Crippen LogP contribution in [0.1, 0.15) is 24.0 Å². The molecule has 1 heterocycles. The van der Waals surface area contributed by atoms with Gasteiger partial charge in [0.25, 0.3) is 0 Å². The fourth-order valence-electron chi connectivity index (χ4n) is 2.54. The zero-order valence-electron chi connectivity index (χ0n) is 12.0. The molecule has 3 rings (SSSR count). The lowest BCUT2D eigenvalue weighted by Gasteiger charge is -2.14. The number of hydrogen-bond acceptors (Lipinski definition) is 2. The predicted molar refractivity (Wildman–Crippen MR) is 80.4 cm³/mol. The summed E-state index contributed by atoms with van der Waals surface area (Å²) in [5, 5.41) is 4.05. The molecule has 112 valence electrons. The van der Waals surface area contributed by atoms with Crippen molar-refractivity contribution in [1.82, 2.24) is 5.43 Å². The average molecular weight is 300 g/mol. The molecule has 1 amide bonds. The maximum atomic E-state index is 13.9. The Morgan fingerprint density at radius 3 is 2.45 bits per heavy atom. The van der Waals surface area contributed by atoms with Crippen molar-refractivity contribution in [2.75, 3.05) is 0 Å². The van der Waals surface area contributed by atoms with E-state index in [0.717, 1.165) is 22.9 Å². The van der Waals surface area contributed by atoms with Crippen molar-refractivity contribution in [1.29, 1.82) is 0 Å². The molecule has 22 heavy (non-hydrogen) atoms. The smallest absolute Gasteiger partial charge is 0.240 e. The Balaban J connectivity index is 1.97. The SMILES string of the molecule is Cc1cc(C2=NNC(=O)CC2)ccc1-c1ccc(F)cc1F. The van der Waals surface area contributed by atoms with Gasteiger partial charge in [0, 0.05) is 24.5 Å². The molecule has 0 fully saturated rings. The Kier molecular flexibility index (Phi) is 3.71. The summed E-state index contributed by atoms with van der Waals surface area (Å²) in [4.78, 5) is 11.1. The van der Waals surface area contributed by atoms with E-state index in [1.165, 1.54) is 12.1 Å². The Morgan fingerprint density at radius 2 is 1.82 bits per heavy atom. The van der Waals surface area contributed by atoms with Crippen LogP contribution in [0.25, 0.3) is 11.1 Å². The number of carbonyl (C=O) groups is 1. The van der Waals surface area contributed by atoms with E-state index < -0.39 is 11.6 Å². The first-order valence-corrected chi connectivity index (χ1v) is 6.96. The molecule has 1 aliphatic rings. The molecule has 0 unspecified atom stereocenters. The van der Waals surface area contributed by atoms with Crippen molar-refractivity contribution in [2.45, 2.75) is 19.8 Å². The number of nitrogens with one attached hydrogen (secondary N) is 1. The standard InChI is InChI=1S/C17H14F2N2O/c1-10-8-11(16-6-7-17(22)21-20-16)2-4-13(10)14-5-3-12(18)9-15(14)19/h2-5,8-9H,6-7H2,1H3,(H,21,22). The lowest BCUT2D eigenvalue weighted by atomic mass is 9.95. The van der Waals surface area contributed by atoms with Crippen LogP contribution in [0.3, 0.4) is 0 Å². The van der Waals surface area contributed by atoms with Gasteiger partial charge in [-0.05, 0) is 41.8 Å². The fraction of sp³-hybridized carbons (Fsp3) is 0.176. The molecular formula is C17H14F2N2O. The van der Waals surface area contributed by atoms with Gasteiger partial charge in [-0.1, -0.05) is 12.1 Å². The molecule has 0 aliphatic carbocycles. The third-order valence-electron chi connectivity index (χ3n) is 3.69. The minimum atomic E-state index is -0.595. The second-order valence-corrected chi connectivity index (χ2v) is 5.25. The summed E-state index contributed by atoms with van der Waals surface area (Å²) in [5.41, 5.74) is 6.09. The van der Waals surface area contributed by atoms with Gasteiger partial charge >= 0.3 is 0 Å². The van der Waals surface area contributed by atoms with Gasteiger partial charge in [-0.25, -0.2) is 14.2 Å². The minimum absolute atomic E-state index is 0.0922. The predicted octanol–water partition coefficient (Wildman–Crippen LogP) is 3.55. The number of benzene rings is 2. The van der Waals surface area contributed by atoms with Gasteiger partial charge in [0.05, 0.1) is 5.71 Å². The lowest BCUT2D eigenvalue weighted by Crippen LogP contribution is -2.25. The van der Waals surface area contributed by atoms with Gasteiger partial charge in [-0.3, -0.25) is 4.79 Å². The number of halogens is 2. The van der Waals surface area contributed by atoms with Crippen molar-refractivity contribution >= 4 is 11.6 Å². The van der Waals surface area contributed by atoms with Gasteiger partial charge in [0.15, 0.2) is 0 Å². The number of rotatable bonds is 2. The molecule has 2 aromatic carbocycles. The molecule has 1 N–H and O–H groups in total. The molecule has 0 bridgehead atoms. The van der Waals surface area contributed by atoms with Gasteiger partial charge in [-0.2, -0.15) is 5.10 Å². The van der Waals surface area contributed by atoms with Crippen molar-refractivity contribution in [3.63, 3.8) is 0 Å². The van der Waals surface area contributed by atoms with Crippen LogP contribution in [0.5, 0.6) is 0 Å². The first-order valence-electron chi connectivity index (χ1n) is 6.96. The van der Waals surface area contributed by atoms with Gasteiger partial charge in [0.2, 0.25) is 5.91 Å². The summed E-state index contributed by atoms with van der Waals surface area (Å²) < 4.78 is 26.9. The zero-order chi connectivity index (χ0) is 15.7. The summed E-state index contributed by atoms with van der Waals surface area (Å²) in [5.74, 6) is -1.27. The van der Waals surface area contributed by atoms with Crippen LogP contribution in [0.4, 0.5) is 8.78 Å². The number of hydrogen-bond donors (Lipinski definition) is 1. The van der Waals surface area contributed by atoms with Crippen LogP contribution in [-0.2, 0) is 4.79 Å². The van der Waals surface area contributed by atoms with Gasteiger partial charge in [-0.15, -0.1) is 0 Å². The molecule has 0 spiro atoms. The largest absolute Gasteiger partial charge is 0.273 e. The van der Waals surface area contributed by atoms with Crippen LogP contribution in [0.15, 0.2) is 41.5 Å². The third-order valence-corrected chi connectivity index (χ3v) is 3.69. The molecule has 0 saturated heterocycles. The van der Waals surface area contributed by atoms with E-state index in [4.69, 9.17) is 0 Å². The second-order valence-electron chi connectivity index (χ2n) is 5.25. The summed E-state index contributed by atoms with van der Waals surface area (Å²) in [7, 11) is 0. The maximum absolute atomic E-state index is 13.9. The van der Waals surface area contributed by atoms with E-state index >= 15 is 0 Å². The maximum Gasteiger partial charge on any atom is 0.240 e. The van der Waals surface area contributed by atoms with Crippen LogP contribution in [0.2, 0.25) is 0 Å². The molecule has 5 heteroatoms. The normalized spacial score (nSPS) is 14.5. The minimum Gasteiger partial charge on any atom is -0.273 e. The highest BCUT2D eigenvalue weighted by Crippen LogP contribution is 2.28. The Hall–Kier alpha value is -2.56. The molecule has 3 nitrogen and oxygen atoms in total. The third kappa shape index (κ3) is 2.74. The molecule has 0 aromatic heterocycles. The van der Waals surface area contributed by atoms with Crippen molar-refractivity contribution < 1.29 is 13.6 Å². The Morgan fingerprint density at radius 1 is 1.05 bits per heavy atom. The summed E-state index contributed by atoms with van der Waals surface area (Å²) in [6.07, 6.45) is 0.988. The first kappa shape index (κ1) is 14.4. The quantitative estimate of drug-likeness (QED) is 0.905. The van der Waals surface area contributed by atoms with E-state index in [-0.39, 0.29) is 5.91 Å². The monoisotopic (exact) mass is 300 g/mol. The van der Waals surface area contributed by atoms with E-state index in [1.54, 1.807) is 6.07 Å². The molecule has 2 aromatic rings. The highest BCUT2D eigenvalue weighted by atomic mass is 19.1. The fourth-order valence-corrected chi connectivity index (χ4v) is 2.54. The van der Waals surface area contributed by atoms with E-state index in [9.17, 15) is 13.6 Å². The Bertz CT molecular complexity index is 784. The van der Waals surface area contributed by atoms with Gasteiger partial charge in [0.1, 0.15) is 11.6 Å². The van der Waals surface area contributed by atoms with Crippen LogP contribution in [0, 0.1) is 18.6 Å². The zero-order valence-corrected chi connectivity index (χ0v) is 12.0. The number of amides is 1. The van der Waals surface area contributed by atoms with Crippen molar-refractivity contribution in [2.24, 2.45) is 5.10 Å². The summed E-state index contributed by atoms with van der Waals surface area (Å²) in [6.45, 7) is 1.86. The van der Waals surface area contributed by atoms with Crippen LogP contribution in [-0.4, -0.2) is 11.6 Å². The summed E-state index contributed by atoms with van der Waals surface area (Å²) >= 11 is 0. The average Bonchev–Trinajstić information content (AvgIpc) is 2.49. The molecule has 0 saturated carbocycles.